The Morgan fingerprint density at radius 2 is 1.83 bits per heavy atom. The van der Waals surface area contributed by atoms with Crippen molar-refractivity contribution in [1.29, 1.82) is 0 Å². The third-order valence-electron chi connectivity index (χ3n) is 0.308. The highest BCUT2D eigenvalue weighted by Gasteiger charge is 1.61. The largest absolute Gasteiger partial charge is 0.160 e. The van der Waals surface area contributed by atoms with Gasteiger partial charge in [-0.3, -0.25) is 0 Å². The second-order valence-electron chi connectivity index (χ2n) is 0.646. The van der Waals surface area contributed by atoms with Crippen molar-refractivity contribution < 1.29 is 1.37 Å². The molecule has 0 saturated carbocycles. The molecule has 0 aliphatic carbocycles. The molecule has 0 saturated heterocycles. The molecule has 0 atom stereocenters. The highest BCUT2D eigenvalue weighted by atomic mass is 15.2. The monoisotopic (exact) mass is 83.0 g/mol. The van der Waals surface area contributed by atoms with Crippen LogP contribution in [0.1, 0.15) is 1.37 Å². The number of hydrogen-bond donors (Lipinski definition) is 0. The fraction of sp³-hybridized carbons (Fsp3) is 0. The van der Waals surface area contributed by atoms with Crippen molar-refractivity contribution in [3.8, 4) is 0 Å². The molecule has 0 bridgehead atoms. The lowest BCUT2D eigenvalue weighted by atomic mass is 11.3. The maximum atomic E-state index is 6.65. The van der Waals surface area contributed by atoms with Crippen LogP contribution in [0.25, 0.3) is 0 Å². The molecule has 0 spiro atoms. The van der Waals surface area contributed by atoms with Crippen LogP contribution >= 0.6 is 0 Å². The van der Waals surface area contributed by atoms with Crippen LogP contribution in [0, 0.1) is 0 Å². The van der Waals surface area contributed by atoms with Gasteiger partial charge in [-0.1, -0.05) is 0 Å². The van der Waals surface area contributed by atoms with Gasteiger partial charge in [-0.15, -0.1) is 20.4 Å². The standard InChI is InChI=1S/C2H2N4/c1-3-5-2-6-4-1/h1-2H/i1D. The van der Waals surface area contributed by atoms with E-state index in [1.54, 1.807) is 0 Å². The zero-order valence-corrected chi connectivity index (χ0v) is 2.87. The lowest BCUT2D eigenvalue weighted by Crippen LogP contribution is -1.81. The zero-order valence-electron chi connectivity index (χ0n) is 3.87. The first-order chi connectivity index (χ1) is 3.39. The molecule has 0 N–H and O–H groups in total. The van der Waals surface area contributed by atoms with Crippen LogP contribution in [0.3, 0.4) is 0 Å². The van der Waals surface area contributed by atoms with Gasteiger partial charge in [0.15, 0.2) is 12.6 Å². The average molecular weight is 83.1 g/mol. The summed E-state index contributed by atoms with van der Waals surface area (Å²) in [6, 6.07) is 0. The first-order valence-corrected chi connectivity index (χ1v) is 1.36. The third kappa shape index (κ3) is 0.453. The predicted molar refractivity (Wildman–Crippen MR) is 17.6 cm³/mol. The molecular formula is C2H2N4. The second kappa shape index (κ2) is 1.40. The van der Waals surface area contributed by atoms with Crippen LogP contribution < -0.4 is 0 Å². The zero-order chi connectivity index (χ0) is 5.11. The Morgan fingerprint density at radius 3 is 2.17 bits per heavy atom. The van der Waals surface area contributed by atoms with Gasteiger partial charge in [-0.25, -0.2) is 0 Å². The minimum Gasteiger partial charge on any atom is -0.135 e. The molecule has 4 nitrogen and oxygen atoms in total. The van der Waals surface area contributed by atoms with Crippen molar-refractivity contribution in [2.75, 3.05) is 0 Å². The van der Waals surface area contributed by atoms with Gasteiger partial charge in [0.05, 0.1) is 0 Å². The summed E-state index contributed by atoms with van der Waals surface area (Å²) >= 11 is 0. The van der Waals surface area contributed by atoms with E-state index in [9.17, 15) is 0 Å². The van der Waals surface area contributed by atoms with Gasteiger partial charge in [0.1, 0.15) is 1.37 Å². The Kier molecular flexibility index (Phi) is 0.506. The number of rotatable bonds is 0. The molecule has 1 heterocycles. The molecule has 1 aromatic rings. The Hall–Kier alpha value is -1.06. The molecule has 6 heavy (non-hydrogen) atoms. The molecule has 1 rings (SSSR count). The highest BCUT2D eigenvalue weighted by molar-refractivity contribution is 4.35. The van der Waals surface area contributed by atoms with E-state index in [0.29, 0.717) is 0 Å². The van der Waals surface area contributed by atoms with E-state index in [1.165, 1.54) is 6.33 Å². The van der Waals surface area contributed by atoms with E-state index in [1.807, 2.05) is 0 Å². The third-order valence-corrected chi connectivity index (χ3v) is 0.308. The van der Waals surface area contributed by atoms with E-state index >= 15 is 0 Å². The summed E-state index contributed by atoms with van der Waals surface area (Å²) in [4.78, 5) is 0. The lowest BCUT2D eigenvalue weighted by Gasteiger charge is -1.68. The summed E-state index contributed by atoms with van der Waals surface area (Å²) in [6.45, 7) is 0. The summed E-state index contributed by atoms with van der Waals surface area (Å²) < 4.78 is 6.65. The van der Waals surface area contributed by atoms with Crippen LogP contribution in [0.15, 0.2) is 12.6 Å². The molecule has 0 fully saturated rings. The second-order valence-corrected chi connectivity index (χ2v) is 0.646. The smallest absolute Gasteiger partial charge is 0.135 e. The van der Waals surface area contributed by atoms with Gasteiger partial charge in [0.2, 0.25) is 0 Å². The minimum absolute atomic E-state index is 0.150. The summed E-state index contributed by atoms with van der Waals surface area (Å²) in [5.41, 5.74) is 0. The lowest BCUT2D eigenvalue weighted by molar-refractivity contribution is 0.853. The highest BCUT2D eigenvalue weighted by Crippen LogP contribution is 1.50. The van der Waals surface area contributed by atoms with Crippen molar-refractivity contribution in [2.24, 2.45) is 0 Å². The van der Waals surface area contributed by atoms with Crippen LogP contribution in [-0.2, 0) is 0 Å². The van der Waals surface area contributed by atoms with Crippen LogP contribution in [-0.4, -0.2) is 20.4 Å². The Balaban J connectivity index is 3.02. The van der Waals surface area contributed by atoms with Gasteiger partial charge < -0.3 is 0 Å². The summed E-state index contributed by atoms with van der Waals surface area (Å²) in [5, 5.41) is 13.0. The quantitative estimate of drug-likeness (QED) is 0.414. The average Bonchev–Trinajstić information content (AvgIpc) is 1.69. The molecule has 1 aromatic heterocycles. The Labute approximate surface area is 35.7 Å². The maximum Gasteiger partial charge on any atom is 0.160 e. The van der Waals surface area contributed by atoms with Gasteiger partial charge in [-0.2, -0.15) is 0 Å². The van der Waals surface area contributed by atoms with Crippen molar-refractivity contribution in [3.63, 3.8) is 0 Å². The van der Waals surface area contributed by atoms with Crippen LogP contribution in [0.2, 0.25) is 0 Å². The van der Waals surface area contributed by atoms with Crippen LogP contribution in [0.5, 0.6) is 0 Å². The van der Waals surface area contributed by atoms with E-state index in [2.05, 4.69) is 20.4 Å². The normalized spacial score (nSPS) is 10.3. The Bertz CT molecular complexity index is 140. The van der Waals surface area contributed by atoms with E-state index in [4.69, 9.17) is 1.37 Å². The molecule has 0 aromatic carbocycles. The summed E-state index contributed by atoms with van der Waals surface area (Å²) in [7, 11) is 0. The maximum absolute atomic E-state index is 6.65. The Morgan fingerprint density at radius 1 is 1.17 bits per heavy atom. The van der Waals surface area contributed by atoms with Crippen molar-refractivity contribution in [2.45, 2.75) is 0 Å². The fourth-order valence-corrected chi connectivity index (χ4v) is 0.146. The van der Waals surface area contributed by atoms with E-state index < -0.39 is 0 Å². The minimum atomic E-state index is -0.150. The first-order valence-electron chi connectivity index (χ1n) is 1.86. The topological polar surface area (TPSA) is 51.6 Å². The number of hydrogen-bond acceptors (Lipinski definition) is 4. The molecule has 0 unspecified atom stereocenters. The van der Waals surface area contributed by atoms with Crippen molar-refractivity contribution in [3.05, 3.63) is 12.6 Å². The first kappa shape index (κ1) is 2.17. The van der Waals surface area contributed by atoms with Crippen molar-refractivity contribution in [1.82, 2.24) is 20.4 Å². The van der Waals surface area contributed by atoms with E-state index in [-0.39, 0.29) is 6.30 Å². The van der Waals surface area contributed by atoms with Gasteiger partial charge in [0.25, 0.3) is 0 Å². The molecule has 0 aliphatic heterocycles. The van der Waals surface area contributed by atoms with Crippen LogP contribution in [0.4, 0.5) is 0 Å². The molecule has 0 aliphatic rings. The molecular weight excluding hydrogens is 80.1 g/mol. The molecule has 4 heteroatoms. The van der Waals surface area contributed by atoms with Gasteiger partial charge in [0, 0.05) is 0 Å². The molecule has 0 radical (unpaired) electrons. The predicted octanol–water partition coefficient (Wildman–Crippen LogP) is -0.733. The molecule has 30 valence electrons. The summed E-state index contributed by atoms with van der Waals surface area (Å²) in [6.07, 6.45) is 1.03. The van der Waals surface area contributed by atoms with Gasteiger partial charge >= 0.3 is 0 Å². The number of nitrogens with zero attached hydrogens (tertiary/aromatic N) is 4. The summed E-state index contributed by atoms with van der Waals surface area (Å²) in [5.74, 6) is 0. The fourth-order valence-electron chi connectivity index (χ4n) is 0.146. The molecule has 0 amide bonds. The SMILES string of the molecule is [2H]c1nncnn1. The van der Waals surface area contributed by atoms with Crippen molar-refractivity contribution >= 4 is 0 Å². The van der Waals surface area contributed by atoms with Gasteiger partial charge in [-0.05, 0) is 0 Å². The van der Waals surface area contributed by atoms with E-state index in [0.717, 1.165) is 0 Å². The number of aromatic nitrogens is 4.